The highest BCUT2D eigenvalue weighted by Crippen LogP contribution is 2.27. The highest BCUT2D eigenvalue weighted by molar-refractivity contribution is 6.05. The summed E-state index contributed by atoms with van der Waals surface area (Å²) in [7, 11) is 0. The predicted molar refractivity (Wildman–Crippen MR) is 34.1 cm³/mol. The van der Waals surface area contributed by atoms with Crippen LogP contribution in [-0.2, 0) is 0 Å². The van der Waals surface area contributed by atoms with Gasteiger partial charge in [-0.2, -0.15) is 0 Å². The monoisotopic (exact) mass is 112 g/mol. The van der Waals surface area contributed by atoms with E-state index in [1.54, 1.807) is 0 Å². The molecular weight excluding hydrogens is 100 g/mol. The zero-order valence-electron chi connectivity index (χ0n) is 5.15. The lowest BCUT2D eigenvalue weighted by molar-refractivity contribution is 0.698. The van der Waals surface area contributed by atoms with Crippen LogP contribution < -0.4 is 5.73 Å². The fraction of sp³-hybridized carbons (Fsp3) is 0.833. The van der Waals surface area contributed by atoms with Crippen molar-refractivity contribution in [2.45, 2.75) is 25.8 Å². The number of hydrogen-bond acceptors (Lipinski definition) is 2. The van der Waals surface area contributed by atoms with Crippen LogP contribution in [0.4, 0.5) is 0 Å². The fourth-order valence-corrected chi connectivity index (χ4v) is 0.986. The van der Waals surface area contributed by atoms with Gasteiger partial charge in [0.1, 0.15) is 0 Å². The van der Waals surface area contributed by atoms with Crippen LogP contribution in [0.2, 0.25) is 0 Å². The highest BCUT2D eigenvalue weighted by atomic mass is 14.8. The average Bonchev–Trinajstić information content (AvgIpc) is 2.25. The maximum atomic E-state index is 7.15. The molecule has 0 heterocycles. The predicted octanol–water partition coefficient (Wildman–Crippen LogP) is 0.763. The number of nitrogens with two attached hydrogens (primary N) is 1. The van der Waals surface area contributed by atoms with Gasteiger partial charge in [-0.15, -0.1) is 0 Å². The van der Waals surface area contributed by atoms with E-state index in [4.69, 9.17) is 11.1 Å². The Bertz CT molecular complexity index is 109. The van der Waals surface area contributed by atoms with Crippen molar-refractivity contribution in [1.29, 1.82) is 5.41 Å². The number of rotatable bonds is 2. The van der Waals surface area contributed by atoms with E-state index in [0.29, 0.717) is 5.92 Å². The van der Waals surface area contributed by atoms with Gasteiger partial charge < -0.3 is 11.1 Å². The maximum Gasteiger partial charge on any atom is 0.0508 e. The standard InChI is InChI=1S/C6H12N2/c1-2-3-4-5(7)6(4)8/h4-5,8H,2-3,7H2,1H3. The van der Waals surface area contributed by atoms with E-state index in [1.807, 2.05) is 0 Å². The third-order valence-electron chi connectivity index (χ3n) is 1.68. The summed E-state index contributed by atoms with van der Waals surface area (Å²) in [6.07, 6.45) is 2.26. The van der Waals surface area contributed by atoms with Gasteiger partial charge in [-0.3, -0.25) is 0 Å². The van der Waals surface area contributed by atoms with Crippen molar-refractivity contribution < 1.29 is 0 Å². The molecule has 3 N–H and O–H groups in total. The Hall–Kier alpha value is -0.370. The Labute approximate surface area is 49.6 Å². The van der Waals surface area contributed by atoms with Gasteiger partial charge in [0, 0.05) is 11.6 Å². The Kier molecular flexibility index (Phi) is 1.34. The first-order valence-electron chi connectivity index (χ1n) is 3.11. The second kappa shape index (κ2) is 1.86. The zero-order chi connectivity index (χ0) is 6.15. The highest BCUT2D eigenvalue weighted by Gasteiger charge is 2.40. The second-order valence-electron chi connectivity index (χ2n) is 2.38. The van der Waals surface area contributed by atoms with Gasteiger partial charge in [-0.05, 0) is 6.42 Å². The van der Waals surface area contributed by atoms with Crippen LogP contribution >= 0.6 is 0 Å². The quantitative estimate of drug-likeness (QED) is 0.544. The van der Waals surface area contributed by atoms with E-state index < -0.39 is 0 Å². The van der Waals surface area contributed by atoms with Crippen molar-refractivity contribution in [3.8, 4) is 0 Å². The molecule has 1 aliphatic carbocycles. The van der Waals surface area contributed by atoms with Crippen LogP contribution in [0.5, 0.6) is 0 Å². The van der Waals surface area contributed by atoms with Crippen LogP contribution in [0.15, 0.2) is 0 Å². The van der Waals surface area contributed by atoms with Crippen molar-refractivity contribution in [1.82, 2.24) is 0 Å². The van der Waals surface area contributed by atoms with Crippen LogP contribution in [-0.4, -0.2) is 11.8 Å². The van der Waals surface area contributed by atoms with Crippen molar-refractivity contribution in [3.05, 3.63) is 0 Å². The van der Waals surface area contributed by atoms with Crippen molar-refractivity contribution >= 4 is 5.71 Å². The van der Waals surface area contributed by atoms with Crippen molar-refractivity contribution in [2.24, 2.45) is 11.7 Å². The van der Waals surface area contributed by atoms with Crippen molar-refractivity contribution in [3.63, 3.8) is 0 Å². The van der Waals surface area contributed by atoms with Crippen LogP contribution in [0, 0.1) is 11.3 Å². The summed E-state index contributed by atoms with van der Waals surface area (Å²) in [5.41, 5.74) is 6.23. The average molecular weight is 112 g/mol. The molecule has 0 aliphatic heterocycles. The van der Waals surface area contributed by atoms with Crippen LogP contribution in [0.1, 0.15) is 19.8 Å². The first-order valence-corrected chi connectivity index (χ1v) is 3.11. The molecule has 2 nitrogen and oxygen atoms in total. The lowest BCUT2D eigenvalue weighted by Crippen LogP contribution is -2.02. The molecule has 2 heteroatoms. The minimum atomic E-state index is 0.120. The molecule has 8 heavy (non-hydrogen) atoms. The van der Waals surface area contributed by atoms with Gasteiger partial charge in [-0.1, -0.05) is 13.3 Å². The summed E-state index contributed by atoms with van der Waals surface area (Å²) in [5, 5.41) is 7.15. The lowest BCUT2D eigenvalue weighted by Gasteiger charge is -1.85. The lowest BCUT2D eigenvalue weighted by atomic mass is 10.2. The number of hydrogen-bond donors (Lipinski definition) is 2. The van der Waals surface area contributed by atoms with Gasteiger partial charge in [0.25, 0.3) is 0 Å². The Balaban J connectivity index is 2.23. The molecule has 0 amide bonds. The minimum absolute atomic E-state index is 0.120. The van der Waals surface area contributed by atoms with Gasteiger partial charge in [0.05, 0.1) is 6.04 Å². The summed E-state index contributed by atoms with van der Waals surface area (Å²) in [6, 6.07) is 0.120. The molecule has 1 saturated carbocycles. The smallest absolute Gasteiger partial charge is 0.0508 e. The van der Waals surface area contributed by atoms with Crippen molar-refractivity contribution in [2.75, 3.05) is 0 Å². The molecule has 0 spiro atoms. The van der Waals surface area contributed by atoms with E-state index >= 15 is 0 Å². The van der Waals surface area contributed by atoms with E-state index in [0.717, 1.165) is 18.6 Å². The minimum Gasteiger partial charge on any atom is -0.322 e. The molecule has 0 aromatic rings. The van der Waals surface area contributed by atoms with Gasteiger partial charge >= 0.3 is 0 Å². The van der Waals surface area contributed by atoms with Gasteiger partial charge in [-0.25, -0.2) is 0 Å². The third-order valence-corrected chi connectivity index (χ3v) is 1.68. The third kappa shape index (κ3) is 0.757. The molecule has 0 saturated heterocycles. The molecule has 46 valence electrons. The molecule has 2 atom stereocenters. The van der Waals surface area contributed by atoms with Gasteiger partial charge in [0.2, 0.25) is 0 Å². The molecular formula is C6H12N2. The fourth-order valence-electron chi connectivity index (χ4n) is 0.986. The van der Waals surface area contributed by atoms with E-state index in [1.165, 1.54) is 0 Å². The summed E-state index contributed by atoms with van der Waals surface area (Å²) >= 11 is 0. The topological polar surface area (TPSA) is 49.9 Å². The largest absolute Gasteiger partial charge is 0.322 e. The zero-order valence-corrected chi connectivity index (χ0v) is 5.15. The summed E-state index contributed by atoms with van der Waals surface area (Å²) in [6.45, 7) is 2.12. The van der Waals surface area contributed by atoms with Crippen LogP contribution in [0.3, 0.4) is 0 Å². The molecule has 1 rings (SSSR count). The molecule has 1 aliphatic rings. The van der Waals surface area contributed by atoms with E-state index in [2.05, 4.69) is 6.92 Å². The Morgan fingerprint density at radius 2 is 2.25 bits per heavy atom. The Morgan fingerprint density at radius 1 is 1.75 bits per heavy atom. The van der Waals surface area contributed by atoms with Crippen LogP contribution in [0.25, 0.3) is 0 Å². The summed E-state index contributed by atoms with van der Waals surface area (Å²) in [4.78, 5) is 0. The molecule has 0 bridgehead atoms. The Morgan fingerprint density at radius 3 is 2.38 bits per heavy atom. The molecule has 0 aromatic carbocycles. The summed E-state index contributed by atoms with van der Waals surface area (Å²) < 4.78 is 0. The molecule has 0 aromatic heterocycles. The van der Waals surface area contributed by atoms with E-state index in [9.17, 15) is 0 Å². The maximum absolute atomic E-state index is 7.15. The molecule has 1 fully saturated rings. The molecule has 2 unspecified atom stereocenters. The van der Waals surface area contributed by atoms with Gasteiger partial charge in [0.15, 0.2) is 0 Å². The summed E-state index contributed by atoms with van der Waals surface area (Å²) in [5.74, 6) is 0.444. The first-order chi connectivity index (χ1) is 3.77. The SMILES string of the molecule is CCCC1C(=N)C1N. The van der Waals surface area contributed by atoms with E-state index in [-0.39, 0.29) is 6.04 Å². The second-order valence-corrected chi connectivity index (χ2v) is 2.38. The first kappa shape index (κ1) is 5.76. The molecule has 0 radical (unpaired) electrons. The number of nitrogens with one attached hydrogen (secondary N) is 1. The normalized spacial score (nSPS) is 35.5.